The summed E-state index contributed by atoms with van der Waals surface area (Å²) in [7, 11) is 0. The van der Waals surface area contributed by atoms with Crippen LogP contribution >= 0.6 is 0 Å². The van der Waals surface area contributed by atoms with Crippen LogP contribution in [0.25, 0.3) is 0 Å². The summed E-state index contributed by atoms with van der Waals surface area (Å²) in [5.41, 5.74) is -1.32. The SMILES string of the molecule is C=CCC(O)(CC=C)C(O)CO. The Morgan fingerprint density at radius 1 is 1.25 bits per heavy atom. The fourth-order valence-electron chi connectivity index (χ4n) is 1.03. The van der Waals surface area contributed by atoms with Gasteiger partial charge < -0.3 is 15.3 Å². The van der Waals surface area contributed by atoms with Crippen LogP contribution in [0.2, 0.25) is 0 Å². The van der Waals surface area contributed by atoms with Crippen molar-refractivity contribution >= 4 is 0 Å². The molecule has 3 nitrogen and oxygen atoms in total. The van der Waals surface area contributed by atoms with Gasteiger partial charge in [-0.05, 0) is 12.8 Å². The maximum absolute atomic E-state index is 9.73. The topological polar surface area (TPSA) is 60.7 Å². The Labute approximate surface area is 72.7 Å². The number of rotatable bonds is 6. The second-order valence-electron chi connectivity index (χ2n) is 2.79. The van der Waals surface area contributed by atoms with Crippen molar-refractivity contribution in [3.05, 3.63) is 25.3 Å². The Morgan fingerprint density at radius 3 is 1.92 bits per heavy atom. The molecule has 0 rings (SSSR count). The van der Waals surface area contributed by atoms with Gasteiger partial charge in [0, 0.05) is 0 Å². The van der Waals surface area contributed by atoms with Crippen LogP contribution in [0.5, 0.6) is 0 Å². The third-order valence-corrected chi connectivity index (χ3v) is 1.79. The standard InChI is InChI=1S/C9H16O3/c1-3-5-9(12,6-4-2)8(11)7-10/h3-4,8,10-12H,1-2,5-7H2. The van der Waals surface area contributed by atoms with Crippen LogP contribution in [0.4, 0.5) is 0 Å². The van der Waals surface area contributed by atoms with Gasteiger partial charge in [0.05, 0.1) is 12.2 Å². The highest BCUT2D eigenvalue weighted by Gasteiger charge is 2.32. The highest BCUT2D eigenvalue weighted by atomic mass is 16.4. The van der Waals surface area contributed by atoms with E-state index in [1.807, 2.05) is 0 Å². The highest BCUT2D eigenvalue weighted by Crippen LogP contribution is 2.20. The van der Waals surface area contributed by atoms with Crippen LogP contribution in [0, 0.1) is 0 Å². The van der Waals surface area contributed by atoms with Crippen molar-refractivity contribution in [2.24, 2.45) is 0 Å². The lowest BCUT2D eigenvalue weighted by Gasteiger charge is -2.29. The Morgan fingerprint density at radius 2 is 1.67 bits per heavy atom. The zero-order valence-corrected chi connectivity index (χ0v) is 7.11. The van der Waals surface area contributed by atoms with E-state index in [4.69, 9.17) is 5.11 Å². The first kappa shape index (κ1) is 11.4. The van der Waals surface area contributed by atoms with E-state index in [1.165, 1.54) is 12.2 Å². The molecule has 1 unspecified atom stereocenters. The van der Waals surface area contributed by atoms with Crippen LogP contribution in [-0.4, -0.2) is 33.6 Å². The summed E-state index contributed by atoms with van der Waals surface area (Å²) in [6.45, 7) is 6.46. The van der Waals surface area contributed by atoms with Crippen molar-refractivity contribution in [1.82, 2.24) is 0 Å². The van der Waals surface area contributed by atoms with E-state index in [0.29, 0.717) is 0 Å². The monoisotopic (exact) mass is 172 g/mol. The molecule has 1 atom stereocenters. The summed E-state index contributed by atoms with van der Waals surface area (Å²) in [5.74, 6) is 0. The number of hydrogen-bond acceptors (Lipinski definition) is 3. The van der Waals surface area contributed by atoms with Crippen LogP contribution < -0.4 is 0 Å². The van der Waals surface area contributed by atoms with E-state index < -0.39 is 18.3 Å². The summed E-state index contributed by atoms with van der Waals surface area (Å²) in [6, 6.07) is 0. The zero-order valence-electron chi connectivity index (χ0n) is 7.11. The van der Waals surface area contributed by atoms with E-state index in [-0.39, 0.29) is 12.8 Å². The molecule has 0 spiro atoms. The van der Waals surface area contributed by atoms with Crippen LogP contribution in [0.1, 0.15) is 12.8 Å². The van der Waals surface area contributed by atoms with Crippen molar-refractivity contribution in [3.8, 4) is 0 Å². The molecule has 0 saturated heterocycles. The van der Waals surface area contributed by atoms with Gasteiger partial charge in [-0.25, -0.2) is 0 Å². The highest BCUT2D eigenvalue weighted by molar-refractivity contribution is 4.96. The first-order valence-electron chi connectivity index (χ1n) is 3.84. The van der Waals surface area contributed by atoms with Gasteiger partial charge in [-0.15, -0.1) is 13.2 Å². The fraction of sp³-hybridized carbons (Fsp3) is 0.556. The molecule has 0 heterocycles. The minimum absolute atomic E-state index is 0.237. The van der Waals surface area contributed by atoms with Gasteiger partial charge in [-0.1, -0.05) is 12.2 Å². The Hall–Kier alpha value is -0.640. The molecule has 0 saturated carbocycles. The minimum atomic E-state index is -1.32. The second kappa shape index (κ2) is 5.09. The smallest absolute Gasteiger partial charge is 0.106 e. The number of aliphatic hydroxyl groups is 3. The molecule has 12 heavy (non-hydrogen) atoms. The number of aliphatic hydroxyl groups excluding tert-OH is 2. The van der Waals surface area contributed by atoms with Crippen LogP contribution in [0.3, 0.4) is 0 Å². The zero-order chi connectivity index (χ0) is 9.61. The van der Waals surface area contributed by atoms with E-state index in [9.17, 15) is 10.2 Å². The quantitative estimate of drug-likeness (QED) is 0.502. The lowest BCUT2D eigenvalue weighted by molar-refractivity contribution is -0.0905. The van der Waals surface area contributed by atoms with Gasteiger partial charge in [0.1, 0.15) is 6.10 Å². The van der Waals surface area contributed by atoms with Gasteiger partial charge in [0.2, 0.25) is 0 Å². The first-order valence-corrected chi connectivity index (χ1v) is 3.84. The molecule has 0 aromatic heterocycles. The molecular weight excluding hydrogens is 156 g/mol. The molecule has 0 bridgehead atoms. The molecule has 0 aromatic rings. The van der Waals surface area contributed by atoms with Crippen molar-refractivity contribution in [1.29, 1.82) is 0 Å². The van der Waals surface area contributed by atoms with Gasteiger partial charge in [0.15, 0.2) is 0 Å². The van der Waals surface area contributed by atoms with Crippen molar-refractivity contribution < 1.29 is 15.3 Å². The average Bonchev–Trinajstić information content (AvgIpc) is 2.04. The lowest BCUT2D eigenvalue weighted by Crippen LogP contribution is -2.43. The van der Waals surface area contributed by atoms with Crippen molar-refractivity contribution in [3.63, 3.8) is 0 Å². The number of hydrogen-bond donors (Lipinski definition) is 3. The predicted molar refractivity (Wildman–Crippen MR) is 47.7 cm³/mol. The summed E-state index contributed by atoms with van der Waals surface area (Å²) in [5, 5.41) is 27.6. The predicted octanol–water partition coefficient (Wildman–Crippen LogP) is 0.223. The maximum atomic E-state index is 9.73. The van der Waals surface area contributed by atoms with E-state index in [1.54, 1.807) is 0 Å². The summed E-state index contributed by atoms with van der Waals surface area (Å²) >= 11 is 0. The summed E-state index contributed by atoms with van der Waals surface area (Å²) < 4.78 is 0. The molecule has 0 fully saturated rings. The van der Waals surface area contributed by atoms with E-state index in [0.717, 1.165) is 0 Å². The molecule has 0 aliphatic heterocycles. The normalized spacial score (nSPS) is 13.9. The molecule has 3 heteroatoms. The maximum Gasteiger partial charge on any atom is 0.106 e. The molecular formula is C9H16O3. The van der Waals surface area contributed by atoms with E-state index in [2.05, 4.69) is 13.2 Å². The van der Waals surface area contributed by atoms with Crippen LogP contribution in [-0.2, 0) is 0 Å². The minimum Gasteiger partial charge on any atom is -0.394 e. The summed E-state index contributed by atoms with van der Waals surface area (Å²) in [6.07, 6.45) is 2.33. The Balaban J connectivity index is 4.34. The molecule has 0 aliphatic carbocycles. The Kier molecular flexibility index (Phi) is 4.81. The molecule has 0 radical (unpaired) electrons. The second-order valence-corrected chi connectivity index (χ2v) is 2.79. The molecule has 0 aliphatic rings. The largest absolute Gasteiger partial charge is 0.394 e. The molecule has 0 aromatic carbocycles. The third-order valence-electron chi connectivity index (χ3n) is 1.79. The molecule has 0 amide bonds. The van der Waals surface area contributed by atoms with Crippen molar-refractivity contribution in [2.45, 2.75) is 24.5 Å². The van der Waals surface area contributed by atoms with Gasteiger partial charge >= 0.3 is 0 Å². The van der Waals surface area contributed by atoms with Crippen LogP contribution in [0.15, 0.2) is 25.3 Å². The molecule has 3 N–H and O–H groups in total. The van der Waals surface area contributed by atoms with E-state index >= 15 is 0 Å². The van der Waals surface area contributed by atoms with Gasteiger partial charge in [-0.3, -0.25) is 0 Å². The first-order chi connectivity index (χ1) is 5.60. The lowest BCUT2D eigenvalue weighted by atomic mass is 9.89. The van der Waals surface area contributed by atoms with Gasteiger partial charge in [0.25, 0.3) is 0 Å². The average molecular weight is 172 g/mol. The molecule has 70 valence electrons. The summed E-state index contributed by atoms with van der Waals surface area (Å²) in [4.78, 5) is 0. The van der Waals surface area contributed by atoms with Gasteiger partial charge in [-0.2, -0.15) is 0 Å². The fourth-order valence-corrected chi connectivity index (χ4v) is 1.03. The Bertz CT molecular complexity index is 144. The third kappa shape index (κ3) is 2.77. The van der Waals surface area contributed by atoms with Crippen molar-refractivity contribution in [2.75, 3.05) is 6.61 Å².